The predicted molar refractivity (Wildman–Crippen MR) is 83.7 cm³/mol. The molecule has 1 aromatic rings. The van der Waals surface area contributed by atoms with Crippen molar-refractivity contribution in [3.8, 4) is 5.75 Å². The van der Waals surface area contributed by atoms with E-state index >= 15 is 0 Å². The Morgan fingerprint density at radius 1 is 1.50 bits per heavy atom. The summed E-state index contributed by atoms with van der Waals surface area (Å²) in [7, 11) is 0. The van der Waals surface area contributed by atoms with Crippen LogP contribution in [-0.2, 0) is 4.79 Å². The van der Waals surface area contributed by atoms with Gasteiger partial charge in [0.25, 0.3) is 5.91 Å². The SMILES string of the molecule is CC1(C)C(O)CC1NC(=O)COc1ccc(Br)cc1Br. The first-order valence-corrected chi connectivity index (χ1v) is 7.94. The largest absolute Gasteiger partial charge is 0.483 e. The Morgan fingerprint density at radius 2 is 2.20 bits per heavy atom. The number of rotatable bonds is 4. The number of halogens is 2. The average Bonchev–Trinajstić information content (AvgIpc) is 2.37. The fourth-order valence-corrected chi connectivity index (χ4v) is 3.28. The number of nitrogens with one attached hydrogen (secondary N) is 1. The lowest BCUT2D eigenvalue weighted by Crippen LogP contribution is -2.61. The highest BCUT2D eigenvalue weighted by atomic mass is 79.9. The van der Waals surface area contributed by atoms with E-state index in [-0.39, 0.29) is 30.1 Å². The molecule has 2 rings (SSSR count). The molecule has 1 saturated carbocycles. The lowest BCUT2D eigenvalue weighted by molar-refractivity contribution is -0.131. The van der Waals surface area contributed by atoms with E-state index < -0.39 is 0 Å². The van der Waals surface area contributed by atoms with Crippen molar-refractivity contribution in [2.75, 3.05) is 6.61 Å². The van der Waals surface area contributed by atoms with Gasteiger partial charge in [0, 0.05) is 15.9 Å². The van der Waals surface area contributed by atoms with Crippen LogP contribution in [0.25, 0.3) is 0 Å². The highest BCUT2D eigenvalue weighted by Gasteiger charge is 2.47. The van der Waals surface area contributed by atoms with E-state index in [1.54, 1.807) is 6.07 Å². The Balaban J connectivity index is 1.84. The number of aliphatic hydroxyl groups is 1. The molecule has 110 valence electrons. The van der Waals surface area contributed by atoms with Gasteiger partial charge in [0.2, 0.25) is 0 Å². The monoisotopic (exact) mass is 405 g/mol. The van der Waals surface area contributed by atoms with E-state index in [1.165, 1.54) is 0 Å². The Hall–Kier alpha value is -0.590. The maximum Gasteiger partial charge on any atom is 0.258 e. The Morgan fingerprint density at radius 3 is 2.75 bits per heavy atom. The van der Waals surface area contributed by atoms with Gasteiger partial charge in [-0.3, -0.25) is 4.79 Å². The van der Waals surface area contributed by atoms with E-state index in [2.05, 4.69) is 37.2 Å². The summed E-state index contributed by atoms with van der Waals surface area (Å²) in [4.78, 5) is 11.8. The predicted octanol–water partition coefficient (Wildman–Crippen LogP) is 2.87. The summed E-state index contributed by atoms with van der Waals surface area (Å²) in [6.45, 7) is 3.85. The lowest BCUT2D eigenvalue weighted by atomic mass is 9.64. The number of amides is 1. The van der Waals surface area contributed by atoms with Crippen LogP contribution in [0.2, 0.25) is 0 Å². The molecule has 1 aliphatic rings. The highest BCUT2D eigenvalue weighted by Crippen LogP contribution is 2.40. The quantitative estimate of drug-likeness (QED) is 0.808. The topological polar surface area (TPSA) is 58.6 Å². The molecular formula is C14H17Br2NO3. The number of carbonyl (C=O) groups excluding carboxylic acids is 1. The molecule has 20 heavy (non-hydrogen) atoms. The molecule has 1 aliphatic carbocycles. The second-order valence-electron chi connectivity index (χ2n) is 5.56. The second-order valence-corrected chi connectivity index (χ2v) is 7.33. The zero-order chi connectivity index (χ0) is 14.9. The smallest absolute Gasteiger partial charge is 0.258 e. The van der Waals surface area contributed by atoms with Gasteiger partial charge >= 0.3 is 0 Å². The standard InChI is InChI=1S/C14H17Br2NO3/c1-14(2)11(6-12(14)18)17-13(19)7-20-10-4-3-8(15)5-9(10)16/h3-5,11-12,18H,6-7H2,1-2H3,(H,17,19). The third-order valence-electron chi connectivity index (χ3n) is 3.80. The van der Waals surface area contributed by atoms with Crippen LogP contribution < -0.4 is 10.1 Å². The molecule has 0 aromatic heterocycles. The van der Waals surface area contributed by atoms with Crippen molar-refractivity contribution in [1.29, 1.82) is 0 Å². The summed E-state index contributed by atoms with van der Waals surface area (Å²) >= 11 is 6.73. The van der Waals surface area contributed by atoms with Gasteiger partial charge < -0.3 is 15.2 Å². The summed E-state index contributed by atoms with van der Waals surface area (Å²) in [6, 6.07) is 5.50. The van der Waals surface area contributed by atoms with Crippen molar-refractivity contribution < 1.29 is 14.6 Å². The minimum atomic E-state index is -0.352. The van der Waals surface area contributed by atoms with Crippen molar-refractivity contribution in [2.45, 2.75) is 32.4 Å². The average molecular weight is 407 g/mol. The van der Waals surface area contributed by atoms with Crippen LogP contribution in [0.5, 0.6) is 5.75 Å². The van der Waals surface area contributed by atoms with Gasteiger partial charge in [-0.2, -0.15) is 0 Å². The van der Waals surface area contributed by atoms with Gasteiger partial charge in [-0.25, -0.2) is 0 Å². The van der Waals surface area contributed by atoms with Gasteiger partial charge in [-0.05, 0) is 40.5 Å². The van der Waals surface area contributed by atoms with Crippen LogP contribution in [-0.4, -0.2) is 29.8 Å². The maximum atomic E-state index is 11.8. The van der Waals surface area contributed by atoms with Crippen LogP contribution in [0.15, 0.2) is 27.1 Å². The summed E-state index contributed by atoms with van der Waals surface area (Å²) in [6.07, 6.45) is 0.245. The van der Waals surface area contributed by atoms with Gasteiger partial charge in [0.1, 0.15) is 5.75 Å². The van der Waals surface area contributed by atoms with E-state index in [0.717, 1.165) is 8.95 Å². The van der Waals surface area contributed by atoms with Crippen molar-refractivity contribution in [2.24, 2.45) is 5.41 Å². The molecule has 0 heterocycles. The summed E-state index contributed by atoms with van der Waals surface area (Å²) < 4.78 is 7.20. The van der Waals surface area contributed by atoms with Crippen molar-refractivity contribution >= 4 is 37.8 Å². The molecule has 2 unspecified atom stereocenters. The molecule has 4 nitrogen and oxygen atoms in total. The molecule has 0 saturated heterocycles. The van der Waals surface area contributed by atoms with Crippen molar-refractivity contribution in [1.82, 2.24) is 5.32 Å². The maximum absolute atomic E-state index is 11.8. The van der Waals surface area contributed by atoms with Crippen LogP contribution >= 0.6 is 31.9 Å². The molecule has 1 fully saturated rings. The number of aliphatic hydroxyl groups excluding tert-OH is 1. The molecule has 6 heteroatoms. The molecule has 2 N–H and O–H groups in total. The second kappa shape index (κ2) is 6.03. The number of ether oxygens (including phenoxy) is 1. The van der Waals surface area contributed by atoms with Crippen LogP contribution in [0.1, 0.15) is 20.3 Å². The molecule has 1 amide bonds. The van der Waals surface area contributed by atoms with E-state index in [4.69, 9.17) is 4.74 Å². The summed E-state index contributed by atoms with van der Waals surface area (Å²) in [5.74, 6) is 0.445. The number of hydrogen-bond donors (Lipinski definition) is 2. The van der Waals surface area contributed by atoms with Gasteiger partial charge in [0.05, 0.1) is 10.6 Å². The highest BCUT2D eigenvalue weighted by molar-refractivity contribution is 9.11. The number of carbonyl (C=O) groups is 1. The molecule has 0 radical (unpaired) electrons. The lowest BCUT2D eigenvalue weighted by Gasteiger charge is -2.49. The first-order chi connectivity index (χ1) is 9.30. The molecule has 2 atom stereocenters. The first-order valence-electron chi connectivity index (χ1n) is 6.36. The normalized spacial score (nSPS) is 23.9. The Labute approximate surface area is 135 Å². The molecule has 0 spiro atoms. The zero-order valence-corrected chi connectivity index (χ0v) is 14.5. The van der Waals surface area contributed by atoms with Crippen LogP contribution in [0.4, 0.5) is 0 Å². The molecular weight excluding hydrogens is 390 g/mol. The fourth-order valence-electron chi connectivity index (χ4n) is 2.12. The van der Waals surface area contributed by atoms with Gasteiger partial charge in [-0.1, -0.05) is 29.8 Å². The fraction of sp³-hybridized carbons (Fsp3) is 0.500. The first kappa shape index (κ1) is 15.8. The zero-order valence-electron chi connectivity index (χ0n) is 11.3. The molecule has 0 bridgehead atoms. The van der Waals surface area contributed by atoms with Crippen LogP contribution in [0, 0.1) is 5.41 Å². The third kappa shape index (κ3) is 3.35. The van der Waals surface area contributed by atoms with Gasteiger partial charge in [0.15, 0.2) is 6.61 Å². The minimum Gasteiger partial charge on any atom is -0.483 e. The molecule has 1 aromatic carbocycles. The van der Waals surface area contributed by atoms with Gasteiger partial charge in [-0.15, -0.1) is 0 Å². The Kier molecular flexibility index (Phi) is 4.76. The van der Waals surface area contributed by atoms with E-state index in [9.17, 15) is 9.90 Å². The number of hydrogen-bond acceptors (Lipinski definition) is 3. The van der Waals surface area contributed by atoms with E-state index in [1.807, 2.05) is 26.0 Å². The summed E-state index contributed by atoms with van der Waals surface area (Å²) in [5, 5.41) is 12.5. The molecule has 0 aliphatic heterocycles. The number of benzene rings is 1. The van der Waals surface area contributed by atoms with Crippen molar-refractivity contribution in [3.05, 3.63) is 27.1 Å². The minimum absolute atomic E-state index is 0.00181. The Bertz CT molecular complexity index is 519. The van der Waals surface area contributed by atoms with Crippen LogP contribution in [0.3, 0.4) is 0 Å². The van der Waals surface area contributed by atoms with E-state index in [0.29, 0.717) is 12.2 Å². The van der Waals surface area contributed by atoms with Crippen molar-refractivity contribution in [3.63, 3.8) is 0 Å². The third-order valence-corrected chi connectivity index (χ3v) is 4.92. The summed E-state index contributed by atoms with van der Waals surface area (Å²) in [5.41, 5.74) is -0.270.